The Morgan fingerprint density at radius 3 is 3.12 bits per heavy atom. The highest BCUT2D eigenvalue weighted by Gasteiger charge is 2.22. The molecule has 1 N–H and O–H groups in total. The second kappa shape index (κ2) is 5.07. The second-order valence-electron chi connectivity index (χ2n) is 4.97. The standard InChI is InChI=1S/C14H20N2O/c1-2-5-14-12(4-1)10-13(15-14)11-16-6-3-8-17-9-7-16/h1-2,4-5,13,15H,3,6-11H2. The van der Waals surface area contributed by atoms with Gasteiger partial charge in [-0.15, -0.1) is 0 Å². The van der Waals surface area contributed by atoms with Crippen molar-refractivity contribution < 1.29 is 4.74 Å². The molecule has 17 heavy (non-hydrogen) atoms. The second-order valence-corrected chi connectivity index (χ2v) is 4.97. The Labute approximate surface area is 103 Å². The zero-order valence-corrected chi connectivity index (χ0v) is 10.2. The van der Waals surface area contributed by atoms with Gasteiger partial charge >= 0.3 is 0 Å². The molecule has 2 heterocycles. The monoisotopic (exact) mass is 232 g/mol. The van der Waals surface area contributed by atoms with Crippen LogP contribution in [-0.4, -0.2) is 43.8 Å². The van der Waals surface area contributed by atoms with E-state index in [-0.39, 0.29) is 0 Å². The van der Waals surface area contributed by atoms with Crippen molar-refractivity contribution in [2.75, 3.05) is 38.2 Å². The van der Waals surface area contributed by atoms with Crippen molar-refractivity contribution in [2.45, 2.75) is 18.9 Å². The van der Waals surface area contributed by atoms with E-state index in [4.69, 9.17) is 4.74 Å². The van der Waals surface area contributed by atoms with Gasteiger partial charge in [0.25, 0.3) is 0 Å². The topological polar surface area (TPSA) is 24.5 Å². The molecule has 1 atom stereocenters. The van der Waals surface area contributed by atoms with Crippen molar-refractivity contribution >= 4 is 5.69 Å². The third kappa shape index (κ3) is 2.61. The first-order chi connectivity index (χ1) is 8.42. The number of rotatable bonds is 2. The minimum atomic E-state index is 0.575. The van der Waals surface area contributed by atoms with Crippen LogP contribution in [0.2, 0.25) is 0 Å². The van der Waals surface area contributed by atoms with E-state index in [2.05, 4.69) is 34.5 Å². The van der Waals surface area contributed by atoms with Gasteiger partial charge < -0.3 is 10.1 Å². The molecule has 3 rings (SSSR count). The first kappa shape index (κ1) is 11.1. The van der Waals surface area contributed by atoms with E-state index in [0.717, 1.165) is 32.7 Å². The number of hydrogen-bond acceptors (Lipinski definition) is 3. The Balaban J connectivity index is 1.57. The number of hydrogen-bond donors (Lipinski definition) is 1. The predicted octanol–water partition coefficient (Wildman–Crippen LogP) is 1.75. The molecule has 1 fully saturated rings. The van der Waals surface area contributed by atoms with Gasteiger partial charge in [0.2, 0.25) is 0 Å². The molecule has 1 aromatic carbocycles. The molecule has 2 aliphatic rings. The summed E-state index contributed by atoms with van der Waals surface area (Å²) in [6.45, 7) is 5.20. The van der Waals surface area contributed by atoms with Gasteiger partial charge in [-0.05, 0) is 24.5 Å². The molecule has 0 bridgehead atoms. The van der Waals surface area contributed by atoms with Crippen LogP contribution >= 0.6 is 0 Å². The number of benzene rings is 1. The maximum Gasteiger partial charge on any atom is 0.0593 e. The van der Waals surface area contributed by atoms with E-state index in [9.17, 15) is 0 Å². The molecule has 0 aliphatic carbocycles. The molecule has 0 saturated carbocycles. The van der Waals surface area contributed by atoms with Gasteiger partial charge in [0, 0.05) is 38.0 Å². The summed E-state index contributed by atoms with van der Waals surface area (Å²) in [6, 6.07) is 9.22. The quantitative estimate of drug-likeness (QED) is 0.840. The van der Waals surface area contributed by atoms with Crippen molar-refractivity contribution in [2.24, 2.45) is 0 Å². The van der Waals surface area contributed by atoms with Gasteiger partial charge in [-0.3, -0.25) is 4.90 Å². The zero-order valence-electron chi connectivity index (χ0n) is 10.2. The Hall–Kier alpha value is -1.06. The number of ether oxygens (including phenoxy) is 1. The first-order valence-corrected chi connectivity index (χ1v) is 6.56. The van der Waals surface area contributed by atoms with Crippen molar-refractivity contribution in [3.8, 4) is 0 Å². The summed E-state index contributed by atoms with van der Waals surface area (Å²) in [4.78, 5) is 2.52. The Kier molecular flexibility index (Phi) is 3.29. The van der Waals surface area contributed by atoms with Crippen LogP contribution in [0.3, 0.4) is 0 Å². The fourth-order valence-electron chi connectivity index (χ4n) is 2.78. The minimum Gasteiger partial charge on any atom is -0.380 e. The molecule has 1 saturated heterocycles. The molecule has 3 heteroatoms. The molecule has 1 aromatic rings. The molecule has 0 radical (unpaired) electrons. The van der Waals surface area contributed by atoms with Crippen molar-refractivity contribution in [1.29, 1.82) is 0 Å². The van der Waals surface area contributed by atoms with Gasteiger partial charge in [-0.25, -0.2) is 0 Å². The lowest BCUT2D eigenvalue weighted by Crippen LogP contribution is -2.37. The van der Waals surface area contributed by atoms with E-state index in [0.29, 0.717) is 6.04 Å². The van der Waals surface area contributed by atoms with Gasteiger partial charge in [0.15, 0.2) is 0 Å². The van der Waals surface area contributed by atoms with Crippen LogP contribution in [0.4, 0.5) is 5.69 Å². The Morgan fingerprint density at radius 1 is 1.24 bits per heavy atom. The number of nitrogens with zero attached hydrogens (tertiary/aromatic N) is 1. The zero-order chi connectivity index (χ0) is 11.5. The summed E-state index contributed by atoms with van der Waals surface area (Å²) in [7, 11) is 0. The Bertz CT molecular complexity index is 347. The van der Waals surface area contributed by atoms with Crippen molar-refractivity contribution in [3.63, 3.8) is 0 Å². The van der Waals surface area contributed by atoms with Crippen LogP contribution in [0.1, 0.15) is 12.0 Å². The molecule has 92 valence electrons. The fraction of sp³-hybridized carbons (Fsp3) is 0.571. The van der Waals surface area contributed by atoms with Crippen LogP contribution in [-0.2, 0) is 11.2 Å². The molecule has 2 aliphatic heterocycles. The average Bonchev–Trinajstić information content (AvgIpc) is 2.57. The first-order valence-electron chi connectivity index (χ1n) is 6.56. The average molecular weight is 232 g/mol. The van der Waals surface area contributed by atoms with Crippen molar-refractivity contribution in [1.82, 2.24) is 4.90 Å². The van der Waals surface area contributed by atoms with E-state index < -0.39 is 0 Å². The highest BCUT2D eigenvalue weighted by atomic mass is 16.5. The lowest BCUT2D eigenvalue weighted by molar-refractivity contribution is 0.141. The minimum absolute atomic E-state index is 0.575. The third-order valence-corrected chi connectivity index (χ3v) is 3.64. The number of fused-ring (bicyclic) bond motifs is 1. The maximum absolute atomic E-state index is 5.49. The largest absolute Gasteiger partial charge is 0.380 e. The van der Waals surface area contributed by atoms with E-state index in [1.807, 2.05) is 0 Å². The van der Waals surface area contributed by atoms with Crippen LogP contribution < -0.4 is 5.32 Å². The highest BCUT2D eigenvalue weighted by molar-refractivity contribution is 5.56. The van der Waals surface area contributed by atoms with Gasteiger partial charge in [0.05, 0.1) is 6.61 Å². The maximum atomic E-state index is 5.49. The lowest BCUT2D eigenvalue weighted by atomic mass is 10.1. The SMILES string of the molecule is c1ccc2c(c1)CC(CN1CCCOCC1)N2. The smallest absolute Gasteiger partial charge is 0.0593 e. The molecular weight excluding hydrogens is 212 g/mol. The summed E-state index contributed by atoms with van der Waals surface area (Å²) < 4.78 is 5.49. The van der Waals surface area contributed by atoms with E-state index in [1.165, 1.54) is 24.2 Å². The Morgan fingerprint density at radius 2 is 2.18 bits per heavy atom. The molecular formula is C14H20N2O. The number of anilines is 1. The summed E-state index contributed by atoms with van der Waals surface area (Å²) in [5, 5.41) is 3.62. The molecule has 0 aromatic heterocycles. The van der Waals surface area contributed by atoms with Crippen LogP contribution in [0.15, 0.2) is 24.3 Å². The van der Waals surface area contributed by atoms with Crippen molar-refractivity contribution in [3.05, 3.63) is 29.8 Å². The molecule has 0 amide bonds. The highest BCUT2D eigenvalue weighted by Crippen LogP contribution is 2.25. The third-order valence-electron chi connectivity index (χ3n) is 3.64. The summed E-state index contributed by atoms with van der Waals surface area (Å²) in [6.07, 6.45) is 2.33. The number of para-hydroxylation sites is 1. The lowest BCUT2D eigenvalue weighted by Gasteiger charge is -2.23. The van der Waals surface area contributed by atoms with Crippen LogP contribution in [0.25, 0.3) is 0 Å². The number of nitrogens with one attached hydrogen (secondary N) is 1. The predicted molar refractivity (Wildman–Crippen MR) is 69.4 cm³/mol. The summed E-state index contributed by atoms with van der Waals surface area (Å²) >= 11 is 0. The summed E-state index contributed by atoms with van der Waals surface area (Å²) in [5.74, 6) is 0. The molecule has 0 spiro atoms. The normalized spacial score (nSPS) is 25.1. The van der Waals surface area contributed by atoms with Gasteiger partial charge in [0.1, 0.15) is 0 Å². The van der Waals surface area contributed by atoms with Crippen LogP contribution in [0.5, 0.6) is 0 Å². The molecule has 3 nitrogen and oxygen atoms in total. The molecule has 1 unspecified atom stereocenters. The van der Waals surface area contributed by atoms with Gasteiger partial charge in [-0.1, -0.05) is 18.2 Å². The van der Waals surface area contributed by atoms with Gasteiger partial charge in [-0.2, -0.15) is 0 Å². The summed E-state index contributed by atoms with van der Waals surface area (Å²) in [5.41, 5.74) is 2.78. The fourth-order valence-corrected chi connectivity index (χ4v) is 2.78. The van der Waals surface area contributed by atoms with E-state index >= 15 is 0 Å². The van der Waals surface area contributed by atoms with Crippen LogP contribution in [0, 0.1) is 0 Å². The van der Waals surface area contributed by atoms with E-state index in [1.54, 1.807) is 0 Å².